The van der Waals surface area contributed by atoms with Crippen LogP contribution in [0.25, 0.3) is 0 Å². The van der Waals surface area contributed by atoms with Crippen LogP contribution in [0.3, 0.4) is 0 Å². The Morgan fingerprint density at radius 1 is 1.25 bits per heavy atom. The Morgan fingerprint density at radius 2 is 1.93 bits per heavy atom. The average molecular weight is 403 g/mol. The van der Waals surface area contributed by atoms with E-state index in [1.54, 1.807) is 55.5 Å². The lowest BCUT2D eigenvalue weighted by Gasteiger charge is -2.30. The fourth-order valence-electron chi connectivity index (χ4n) is 2.84. The molecule has 0 aliphatic carbocycles. The largest absolute Gasteiger partial charge is 0.490 e. The molecule has 0 aromatic heterocycles. The molecule has 0 heterocycles. The highest BCUT2D eigenvalue weighted by Gasteiger charge is 2.31. The molecule has 28 heavy (non-hydrogen) atoms. The van der Waals surface area contributed by atoms with Gasteiger partial charge in [0, 0.05) is 5.69 Å². The first-order valence-corrected chi connectivity index (χ1v) is 10.8. The Hall–Kier alpha value is -2.80. The zero-order valence-electron chi connectivity index (χ0n) is 16.4. The summed E-state index contributed by atoms with van der Waals surface area (Å²) in [5, 5.41) is 2.79. The van der Waals surface area contributed by atoms with Crippen molar-refractivity contribution in [3.05, 3.63) is 66.7 Å². The summed E-state index contributed by atoms with van der Waals surface area (Å²) in [6.45, 7) is 7.64. The molecule has 0 saturated carbocycles. The molecule has 150 valence electrons. The van der Waals surface area contributed by atoms with E-state index < -0.39 is 22.0 Å². The number of anilines is 2. The molecule has 0 aliphatic heterocycles. The maximum absolute atomic E-state index is 12.9. The fourth-order valence-corrected chi connectivity index (χ4v) is 4.04. The summed E-state index contributed by atoms with van der Waals surface area (Å²) in [6.07, 6.45) is 3.08. The van der Waals surface area contributed by atoms with Crippen LogP contribution >= 0.6 is 0 Å². The van der Waals surface area contributed by atoms with Gasteiger partial charge in [0.1, 0.15) is 18.4 Å². The van der Waals surface area contributed by atoms with Crippen LogP contribution in [0.1, 0.15) is 18.9 Å². The number of sulfonamides is 1. The van der Waals surface area contributed by atoms with Crippen molar-refractivity contribution >= 4 is 27.3 Å². The Bertz CT molecular complexity index is 924. The number of hydrogen-bond donors (Lipinski definition) is 1. The second-order valence-corrected chi connectivity index (χ2v) is 8.29. The van der Waals surface area contributed by atoms with Crippen molar-refractivity contribution in [1.82, 2.24) is 0 Å². The van der Waals surface area contributed by atoms with Gasteiger partial charge >= 0.3 is 0 Å². The van der Waals surface area contributed by atoms with Gasteiger partial charge in [-0.1, -0.05) is 31.7 Å². The SMILES string of the molecule is C=CCOc1ccc(NC(=O)C(CC)N(c2cccc(C)c2)S(C)(=O)=O)cc1. The van der Waals surface area contributed by atoms with E-state index in [0.29, 0.717) is 30.2 Å². The molecule has 0 radical (unpaired) electrons. The first-order valence-electron chi connectivity index (χ1n) is 8.97. The summed E-state index contributed by atoms with van der Waals surface area (Å²) in [6, 6.07) is 13.1. The molecular weight excluding hydrogens is 376 g/mol. The minimum absolute atomic E-state index is 0.327. The van der Waals surface area contributed by atoms with Crippen LogP contribution in [-0.2, 0) is 14.8 Å². The van der Waals surface area contributed by atoms with Crippen LogP contribution in [-0.4, -0.2) is 33.2 Å². The molecule has 6 nitrogen and oxygen atoms in total. The number of hydrogen-bond acceptors (Lipinski definition) is 4. The van der Waals surface area contributed by atoms with Gasteiger partial charge in [0.05, 0.1) is 11.9 Å². The predicted molar refractivity (Wildman–Crippen MR) is 113 cm³/mol. The second kappa shape index (κ2) is 9.41. The van der Waals surface area contributed by atoms with E-state index in [2.05, 4.69) is 11.9 Å². The van der Waals surface area contributed by atoms with Crippen LogP contribution in [0.15, 0.2) is 61.2 Å². The van der Waals surface area contributed by atoms with Crippen LogP contribution in [0.5, 0.6) is 5.75 Å². The summed E-state index contributed by atoms with van der Waals surface area (Å²) in [5.74, 6) is 0.261. The summed E-state index contributed by atoms with van der Waals surface area (Å²) < 4.78 is 31.5. The number of rotatable bonds is 9. The smallest absolute Gasteiger partial charge is 0.248 e. The molecule has 0 aliphatic rings. The Labute approximate surface area is 166 Å². The normalized spacial score (nSPS) is 12.1. The Balaban J connectivity index is 2.25. The fraction of sp³-hybridized carbons (Fsp3) is 0.286. The first kappa shape index (κ1) is 21.5. The zero-order chi connectivity index (χ0) is 20.7. The van der Waals surface area contributed by atoms with Gasteiger partial charge in [-0.25, -0.2) is 8.42 Å². The van der Waals surface area contributed by atoms with Gasteiger partial charge in [-0.15, -0.1) is 0 Å². The van der Waals surface area contributed by atoms with Gasteiger partial charge in [0.25, 0.3) is 0 Å². The minimum Gasteiger partial charge on any atom is -0.490 e. The van der Waals surface area contributed by atoms with Gasteiger partial charge in [0.2, 0.25) is 15.9 Å². The topological polar surface area (TPSA) is 75.7 Å². The van der Waals surface area contributed by atoms with Crippen molar-refractivity contribution in [2.75, 3.05) is 22.5 Å². The van der Waals surface area contributed by atoms with E-state index in [4.69, 9.17) is 4.74 Å². The number of nitrogens with zero attached hydrogens (tertiary/aromatic N) is 1. The van der Waals surface area contributed by atoms with Crippen molar-refractivity contribution in [2.24, 2.45) is 0 Å². The monoisotopic (exact) mass is 402 g/mol. The van der Waals surface area contributed by atoms with Crippen LogP contribution in [0.2, 0.25) is 0 Å². The van der Waals surface area contributed by atoms with Crippen molar-refractivity contribution in [1.29, 1.82) is 0 Å². The van der Waals surface area contributed by atoms with Crippen molar-refractivity contribution in [2.45, 2.75) is 26.3 Å². The minimum atomic E-state index is -3.66. The van der Waals surface area contributed by atoms with Crippen LogP contribution in [0, 0.1) is 6.92 Å². The quantitative estimate of drug-likeness (QED) is 0.648. The van der Waals surface area contributed by atoms with Crippen molar-refractivity contribution < 1.29 is 17.9 Å². The molecule has 0 spiro atoms. The third kappa shape index (κ3) is 5.60. The van der Waals surface area contributed by atoms with Gasteiger partial charge in [0.15, 0.2) is 0 Å². The first-order chi connectivity index (χ1) is 13.3. The lowest BCUT2D eigenvalue weighted by molar-refractivity contribution is -0.117. The predicted octanol–water partition coefficient (Wildman–Crippen LogP) is 3.74. The molecular formula is C21H26N2O4S. The summed E-state index contributed by atoms with van der Waals surface area (Å²) in [5.41, 5.74) is 1.95. The van der Waals surface area contributed by atoms with Gasteiger partial charge in [-0.3, -0.25) is 9.10 Å². The average Bonchev–Trinajstić information content (AvgIpc) is 2.64. The molecule has 2 aromatic carbocycles. The number of ether oxygens (including phenoxy) is 1. The Kier molecular flexibility index (Phi) is 7.23. The number of benzene rings is 2. The number of carbonyl (C=O) groups is 1. The zero-order valence-corrected chi connectivity index (χ0v) is 17.2. The summed E-state index contributed by atoms with van der Waals surface area (Å²) in [7, 11) is -3.66. The van der Waals surface area contributed by atoms with E-state index in [-0.39, 0.29) is 0 Å². The molecule has 2 rings (SSSR count). The number of nitrogens with one attached hydrogen (secondary N) is 1. The van der Waals surface area contributed by atoms with Crippen LogP contribution in [0.4, 0.5) is 11.4 Å². The van der Waals surface area contributed by atoms with E-state index >= 15 is 0 Å². The molecule has 0 fully saturated rings. The third-order valence-electron chi connectivity index (χ3n) is 4.08. The maximum atomic E-state index is 12.9. The van der Waals surface area contributed by atoms with Crippen molar-refractivity contribution in [3.63, 3.8) is 0 Å². The van der Waals surface area contributed by atoms with Gasteiger partial charge < -0.3 is 10.1 Å². The molecule has 1 amide bonds. The van der Waals surface area contributed by atoms with E-state index in [1.165, 1.54) is 4.31 Å². The molecule has 7 heteroatoms. The molecule has 1 unspecified atom stereocenters. The highest BCUT2D eigenvalue weighted by atomic mass is 32.2. The van der Waals surface area contributed by atoms with Crippen LogP contribution < -0.4 is 14.4 Å². The van der Waals surface area contributed by atoms with E-state index in [1.807, 2.05) is 13.0 Å². The highest BCUT2D eigenvalue weighted by molar-refractivity contribution is 7.92. The lowest BCUT2D eigenvalue weighted by atomic mass is 10.1. The molecule has 1 N–H and O–H groups in total. The number of carbonyl (C=O) groups excluding carboxylic acids is 1. The second-order valence-electron chi connectivity index (χ2n) is 6.44. The molecule has 1 atom stereocenters. The summed E-state index contributed by atoms with van der Waals surface area (Å²) >= 11 is 0. The lowest BCUT2D eigenvalue weighted by Crippen LogP contribution is -2.47. The van der Waals surface area contributed by atoms with E-state index in [9.17, 15) is 13.2 Å². The molecule has 0 bridgehead atoms. The molecule has 2 aromatic rings. The van der Waals surface area contributed by atoms with Gasteiger partial charge in [-0.2, -0.15) is 0 Å². The van der Waals surface area contributed by atoms with Crippen molar-refractivity contribution in [3.8, 4) is 5.75 Å². The Morgan fingerprint density at radius 3 is 2.46 bits per heavy atom. The number of amides is 1. The third-order valence-corrected chi connectivity index (χ3v) is 5.26. The molecule has 0 saturated heterocycles. The summed E-state index contributed by atoms with van der Waals surface area (Å²) in [4.78, 5) is 12.9. The maximum Gasteiger partial charge on any atom is 0.248 e. The van der Waals surface area contributed by atoms with E-state index in [0.717, 1.165) is 11.8 Å². The highest BCUT2D eigenvalue weighted by Crippen LogP contribution is 2.24. The van der Waals surface area contributed by atoms with Gasteiger partial charge in [-0.05, 0) is 55.3 Å². The number of aryl methyl sites for hydroxylation is 1. The standard InChI is InChI=1S/C21H26N2O4S/c1-5-14-27-19-12-10-17(11-13-19)22-21(24)20(6-2)23(28(4,25)26)18-9-7-8-16(3)15-18/h5,7-13,15,20H,1,6,14H2,2-4H3,(H,22,24).